The van der Waals surface area contributed by atoms with E-state index in [1.165, 1.54) is 37.8 Å². The molecule has 3 rings (SSSR count). The summed E-state index contributed by atoms with van der Waals surface area (Å²) >= 11 is 0. The van der Waals surface area contributed by atoms with Crippen LogP contribution in [0.2, 0.25) is 0 Å². The number of aliphatic hydroxyl groups is 1. The van der Waals surface area contributed by atoms with Crippen LogP contribution in [0.15, 0.2) is 59.9 Å². The van der Waals surface area contributed by atoms with Crippen LogP contribution in [0.3, 0.4) is 0 Å². The molecule has 0 unspecified atom stereocenters. The van der Waals surface area contributed by atoms with E-state index in [4.69, 9.17) is 14.2 Å². The van der Waals surface area contributed by atoms with E-state index in [1.54, 1.807) is 38.1 Å². The van der Waals surface area contributed by atoms with Gasteiger partial charge < -0.3 is 19.3 Å². The molecule has 1 N–H and O–H groups in total. The van der Waals surface area contributed by atoms with Crippen molar-refractivity contribution in [2.75, 3.05) is 24.6 Å². The Labute approximate surface area is 222 Å². The van der Waals surface area contributed by atoms with Gasteiger partial charge in [0.1, 0.15) is 22.9 Å². The number of nitrogens with zero attached hydrogens (tertiary/aromatic N) is 4. The smallest absolute Gasteiger partial charge is 0.430 e. The van der Waals surface area contributed by atoms with Crippen molar-refractivity contribution in [3.63, 3.8) is 0 Å². The van der Waals surface area contributed by atoms with Gasteiger partial charge in [-0.15, -0.1) is 4.31 Å². The summed E-state index contributed by atoms with van der Waals surface area (Å²) in [5.74, 6) is 0.224. The van der Waals surface area contributed by atoms with E-state index < -0.39 is 21.7 Å². The minimum Gasteiger partial charge on any atom is -0.491 e. The average molecular weight is 545 g/mol. The van der Waals surface area contributed by atoms with Gasteiger partial charge in [0.05, 0.1) is 24.5 Å². The van der Waals surface area contributed by atoms with E-state index in [0.29, 0.717) is 15.6 Å². The topological polar surface area (TPSA) is 141 Å². The van der Waals surface area contributed by atoms with Crippen molar-refractivity contribution in [3.8, 4) is 17.0 Å². The first-order valence-corrected chi connectivity index (χ1v) is 13.3. The molecular formula is C26H32N4O7S. The first-order valence-electron chi connectivity index (χ1n) is 11.9. The molecule has 0 radical (unpaired) electrons. The highest BCUT2D eigenvalue weighted by molar-refractivity contribution is 7.93. The molecule has 38 heavy (non-hydrogen) atoms. The number of hydrogen-bond acceptors (Lipinski definition) is 10. The van der Waals surface area contributed by atoms with Crippen molar-refractivity contribution in [2.24, 2.45) is 5.92 Å². The Morgan fingerprint density at radius 2 is 1.74 bits per heavy atom. The predicted octanol–water partition coefficient (Wildman–Crippen LogP) is 3.82. The maximum absolute atomic E-state index is 14.1. The van der Waals surface area contributed by atoms with Gasteiger partial charge >= 0.3 is 6.09 Å². The summed E-state index contributed by atoms with van der Waals surface area (Å²) in [6, 6.07) is 9.37. The summed E-state index contributed by atoms with van der Waals surface area (Å²) in [5.41, 5.74) is -0.304. The molecule has 3 aromatic rings. The minimum absolute atomic E-state index is 0.00324. The zero-order valence-corrected chi connectivity index (χ0v) is 22.8. The van der Waals surface area contributed by atoms with Gasteiger partial charge in [-0.25, -0.2) is 18.2 Å². The molecule has 2 heterocycles. The fourth-order valence-electron chi connectivity index (χ4n) is 3.25. The minimum atomic E-state index is -4.59. The Kier molecular flexibility index (Phi) is 9.36. The molecule has 0 aliphatic heterocycles. The molecule has 1 amide bonds. The molecule has 2 aromatic heterocycles. The van der Waals surface area contributed by atoms with Gasteiger partial charge in [-0.1, -0.05) is 13.8 Å². The number of aromatic nitrogens is 3. The molecule has 0 saturated carbocycles. The molecule has 11 nitrogen and oxygen atoms in total. The van der Waals surface area contributed by atoms with Crippen molar-refractivity contribution < 1.29 is 32.5 Å². The summed E-state index contributed by atoms with van der Waals surface area (Å²) in [4.78, 5) is 25.6. The number of methoxy groups -OCH3 is 1. The van der Waals surface area contributed by atoms with Crippen molar-refractivity contribution in [2.45, 2.75) is 44.8 Å². The Hall–Kier alpha value is -3.61. The lowest BCUT2D eigenvalue weighted by Crippen LogP contribution is -2.39. The van der Waals surface area contributed by atoms with Crippen molar-refractivity contribution in [1.82, 2.24) is 15.0 Å². The van der Waals surface area contributed by atoms with Gasteiger partial charge in [-0.05, 0) is 56.2 Å². The van der Waals surface area contributed by atoms with Crippen LogP contribution in [0.5, 0.6) is 5.75 Å². The number of ether oxygens (including phenoxy) is 3. The van der Waals surface area contributed by atoms with Gasteiger partial charge in [0.2, 0.25) is 0 Å². The average Bonchev–Trinajstić information content (AvgIpc) is 2.87. The Morgan fingerprint density at radius 3 is 2.37 bits per heavy atom. The van der Waals surface area contributed by atoms with Crippen LogP contribution in [0.1, 0.15) is 33.4 Å². The number of hydrogen-bond donors (Lipinski definition) is 1. The van der Waals surface area contributed by atoms with E-state index in [9.17, 15) is 18.3 Å². The highest BCUT2D eigenvalue weighted by Gasteiger charge is 2.37. The lowest BCUT2D eigenvalue weighted by Gasteiger charge is -2.24. The number of amides is 1. The quantitative estimate of drug-likeness (QED) is 0.379. The zero-order chi connectivity index (χ0) is 27.9. The maximum atomic E-state index is 14.1. The molecule has 0 aliphatic rings. The Bertz CT molecular complexity index is 1340. The molecule has 0 bridgehead atoms. The van der Waals surface area contributed by atoms with Crippen LogP contribution in [-0.4, -0.2) is 60.5 Å². The van der Waals surface area contributed by atoms with E-state index in [-0.39, 0.29) is 47.8 Å². The number of rotatable bonds is 11. The number of anilines is 1. The Balaban J connectivity index is 2.08. The number of sulfonamides is 1. The summed E-state index contributed by atoms with van der Waals surface area (Å²) in [5, 5.41) is 9.89. The van der Waals surface area contributed by atoms with Crippen molar-refractivity contribution in [1.29, 1.82) is 0 Å². The van der Waals surface area contributed by atoms with Gasteiger partial charge in [0.15, 0.2) is 5.82 Å². The SMILES string of the molecule is COCc1nccnc1N(C(=O)OCC(C)C)S(=O)(=O)c1cccnc1-c1ccc(OCC(C)(C)O)cc1. The van der Waals surface area contributed by atoms with Crippen LogP contribution < -0.4 is 9.04 Å². The standard InChI is InChI=1S/C26H32N4O7S/c1-18(2)15-36-25(31)30(24-21(16-35-5)27-13-14-29-24)38(33,34)22-7-6-12-28-23(22)19-8-10-20(11-9-19)37-17-26(3,4)32/h6-14,18,32H,15-17H2,1-5H3. The van der Waals surface area contributed by atoms with E-state index in [1.807, 2.05) is 13.8 Å². The maximum Gasteiger partial charge on any atom is 0.430 e. The first kappa shape index (κ1) is 29.0. The third-order valence-corrected chi connectivity index (χ3v) is 6.63. The van der Waals surface area contributed by atoms with Crippen molar-refractivity contribution in [3.05, 3.63) is 60.7 Å². The van der Waals surface area contributed by atoms with Crippen LogP contribution in [0.25, 0.3) is 11.3 Å². The highest BCUT2D eigenvalue weighted by Crippen LogP contribution is 2.32. The molecule has 0 spiro atoms. The van der Waals surface area contributed by atoms with Crippen molar-refractivity contribution >= 4 is 21.9 Å². The monoisotopic (exact) mass is 544 g/mol. The third-order valence-electron chi connectivity index (χ3n) is 4.94. The fourth-order valence-corrected chi connectivity index (χ4v) is 4.74. The number of pyridine rings is 1. The van der Waals surface area contributed by atoms with Crippen LogP contribution >= 0.6 is 0 Å². The third kappa shape index (κ3) is 7.24. The highest BCUT2D eigenvalue weighted by atomic mass is 32.2. The first-order chi connectivity index (χ1) is 17.9. The molecule has 204 valence electrons. The molecule has 1 aromatic carbocycles. The number of benzene rings is 1. The van der Waals surface area contributed by atoms with Gasteiger partial charge in [-0.2, -0.15) is 0 Å². The lowest BCUT2D eigenvalue weighted by molar-refractivity contribution is 0.0285. The fraction of sp³-hybridized carbons (Fsp3) is 0.385. The second kappa shape index (κ2) is 12.3. The molecule has 12 heteroatoms. The van der Waals surface area contributed by atoms with Crippen LogP contribution in [-0.2, 0) is 26.1 Å². The zero-order valence-electron chi connectivity index (χ0n) is 22.0. The summed E-state index contributed by atoms with van der Waals surface area (Å²) in [6.07, 6.45) is 2.98. The molecule has 0 aliphatic carbocycles. The Morgan fingerprint density at radius 1 is 1.05 bits per heavy atom. The second-order valence-electron chi connectivity index (χ2n) is 9.48. The number of carbonyl (C=O) groups is 1. The summed E-state index contributed by atoms with van der Waals surface area (Å²) in [7, 11) is -3.17. The van der Waals surface area contributed by atoms with Gasteiger partial charge in [-0.3, -0.25) is 9.97 Å². The van der Waals surface area contributed by atoms with Gasteiger partial charge in [0, 0.05) is 31.3 Å². The normalized spacial score (nSPS) is 11.9. The predicted molar refractivity (Wildman–Crippen MR) is 140 cm³/mol. The molecule has 0 atom stereocenters. The molecule has 0 fully saturated rings. The van der Waals surface area contributed by atoms with Gasteiger partial charge in [0.25, 0.3) is 10.0 Å². The second-order valence-corrected chi connectivity index (χ2v) is 11.2. The van der Waals surface area contributed by atoms with E-state index in [0.717, 1.165) is 0 Å². The van der Waals surface area contributed by atoms with E-state index in [2.05, 4.69) is 15.0 Å². The summed E-state index contributed by atoms with van der Waals surface area (Å²) in [6.45, 7) is 6.90. The number of carbonyl (C=O) groups excluding carboxylic acids is 1. The molecule has 0 saturated heterocycles. The molecular weight excluding hydrogens is 512 g/mol. The van der Waals surface area contributed by atoms with Crippen LogP contribution in [0, 0.1) is 5.92 Å². The van der Waals surface area contributed by atoms with Crippen LogP contribution in [0.4, 0.5) is 10.6 Å². The lowest BCUT2D eigenvalue weighted by atomic mass is 10.1. The largest absolute Gasteiger partial charge is 0.491 e. The summed E-state index contributed by atoms with van der Waals surface area (Å²) < 4.78 is 44.7. The van der Waals surface area contributed by atoms with E-state index >= 15 is 0 Å².